The Morgan fingerprint density at radius 1 is 1.37 bits per heavy atom. The number of hydrogen-bond donors (Lipinski definition) is 3. The highest BCUT2D eigenvalue weighted by Crippen LogP contribution is 2.35. The first-order chi connectivity index (χ1) is 16.7. The summed E-state index contributed by atoms with van der Waals surface area (Å²) < 4.78 is 20.1. The quantitative estimate of drug-likeness (QED) is 0.495. The summed E-state index contributed by atoms with van der Waals surface area (Å²) in [5.74, 6) is 0.567. The smallest absolute Gasteiger partial charge is 0.263 e. The van der Waals surface area contributed by atoms with E-state index < -0.39 is 11.7 Å². The summed E-state index contributed by atoms with van der Waals surface area (Å²) in [6.45, 7) is 4.46. The second-order valence-electron chi connectivity index (χ2n) is 9.75. The zero-order valence-electron chi connectivity index (χ0n) is 20.2. The van der Waals surface area contributed by atoms with Crippen molar-refractivity contribution in [2.24, 2.45) is 5.73 Å². The van der Waals surface area contributed by atoms with Gasteiger partial charge in [-0.1, -0.05) is 6.07 Å². The van der Waals surface area contributed by atoms with Crippen molar-refractivity contribution in [3.63, 3.8) is 0 Å². The fourth-order valence-electron chi connectivity index (χ4n) is 5.25. The maximum absolute atomic E-state index is 15.1. The molecule has 1 aliphatic heterocycles. The number of nitrogen functional groups attached to an aromatic ring is 1. The number of amides is 1. The van der Waals surface area contributed by atoms with Crippen LogP contribution in [0.4, 0.5) is 15.9 Å². The molecule has 0 spiro atoms. The van der Waals surface area contributed by atoms with Gasteiger partial charge in [-0.25, -0.2) is 14.4 Å². The van der Waals surface area contributed by atoms with Crippen LogP contribution in [0, 0.1) is 13.8 Å². The standard InChI is InChI=1S/C25H31FN6O2S/c1-13-8-14(2)29-24-20(13)21(28)22(35-24)23(33)30-16-5-6-17-15(9-16)4-7-19(31-17)32-10-18(27)25(26,11-32)12-34-3/h4,7-8,16,18H,5-6,9-12,27-28H2,1-3H3,(H,30,33). The molecule has 3 atom stereocenters. The average molecular weight is 499 g/mol. The number of carbonyl (C=O) groups excluding carboxylic acids is 1. The van der Waals surface area contributed by atoms with Gasteiger partial charge in [-0.2, -0.15) is 0 Å². The summed E-state index contributed by atoms with van der Waals surface area (Å²) >= 11 is 1.34. The predicted molar refractivity (Wildman–Crippen MR) is 137 cm³/mol. The maximum Gasteiger partial charge on any atom is 0.263 e. The molecule has 3 unspecified atom stereocenters. The second kappa shape index (κ2) is 9.00. The molecule has 5 rings (SSSR count). The van der Waals surface area contributed by atoms with Gasteiger partial charge in [0, 0.05) is 36.5 Å². The second-order valence-corrected chi connectivity index (χ2v) is 10.7. The van der Waals surface area contributed by atoms with E-state index in [1.165, 1.54) is 18.4 Å². The Bertz CT molecular complexity index is 1300. The van der Waals surface area contributed by atoms with Gasteiger partial charge in [0.2, 0.25) is 0 Å². The number of alkyl halides is 1. The van der Waals surface area contributed by atoms with Gasteiger partial charge < -0.3 is 26.4 Å². The number of nitrogens with one attached hydrogen (secondary N) is 1. The Morgan fingerprint density at radius 2 is 2.17 bits per heavy atom. The van der Waals surface area contributed by atoms with E-state index in [9.17, 15) is 4.79 Å². The molecule has 5 N–H and O–H groups in total. The highest BCUT2D eigenvalue weighted by Gasteiger charge is 2.46. The third-order valence-electron chi connectivity index (χ3n) is 7.06. The van der Waals surface area contributed by atoms with Crippen LogP contribution in [0.1, 0.15) is 38.6 Å². The van der Waals surface area contributed by atoms with Gasteiger partial charge in [-0.15, -0.1) is 11.3 Å². The summed E-state index contributed by atoms with van der Waals surface area (Å²) in [6, 6.07) is 5.29. The fraction of sp³-hybridized carbons (Fsp3) is 0.480. The molecule has 1 saturated heterocycles. The number of aryl methyl sites for hydroxylation is 3. The molecule has 1 aliphatic carbocycles. The van der Waals surface area contributed by atoms with Crippen molar-refractivity contribution in [1.82, 2.24) is 15.3 Å². The molecule has 186 valence electrons. The van der Waals surface area contributed by atoms with Crippen LogP contribution >= 0.6 is 11.3 Å². The summed E-state index contributed by atoms with van der Waals surface area (Å²) in [4.78, 5) is 25.6. The van der Waals surface area contributed by atoms with Gasteiger partial charge >= 0.3 is 0 Å². The lowest BCUT2D eigenvalue weighted by atomic mass is 9.91. The van der Waals surface area contributed by atoms with E-state index in [1.54, 1.807) is 0 Å². The number of anilines is 2. The van der Waals surface area contributed by atoms with E-state index in [0.29, 0.717) is 23.5 Å². The number of nitrogens with zero attached hydrogens (tertiary/aromatic N) is 3. The third kappa shape index (κ3) is 4.34. The Hall–Kier alpha value is -2.82. The summed E-state index contributed by atoms with van der Waals surface area (Å²) in [7, 11) is 1.48. The normalized spacial score (nSPS) is 24.1. The number of methoxy groups -OCH3 is 1. The van der Waals surface area contributed by atoms with Crippen molar-refractivity contribution in [3.8, 4) is 0 Å². The summed E-state index contributed by atoms with van der Waals surface area (Å²) in [5.41, 5.74) is 15.3. The van der Waals surface area contributed by atoms with E-state index >= 15 is 4.39 Å². The first-order valence-corrected chi connectivity index (χ1v) is 12.6. The van der Waals surface area contributed by atoms with Crippen LogP contribution in [0.2, 0.25) is 0 Å². The van der Waals surface area contributed by atoms with E-state index in [1.807, 2.05) is 36.9 Å². The van der Waals surface area contributed by atoms with Crippen LogP contribution in [0.25, 0.3) is 10.2 Å². The van der Waals surface area contributed by atoms with Crippen molar-refractivity contribution in [2.75, 3.05) is 37.4 Å². The molecule has 0 aromatic carbocycles. The number of ether oxygens (including phenoxy) is 1. The number of hydrogen-bond acceptors (Lipinski definition) is 8. The van der Waals surface area contributed by atoms with Crippen LogP contribution in [-0.2, 0) is 17.6 Å². The summed E-state index contributed by atoms with van der Waals surface area (Å²) in [5, 5.41) is 4.02. The van der Waals surface area contributed by atoms with E-state index in [4.69, 9.17) is 21.2 Å². The van der Waals surface area contributed by atoms with Crippen molar-refractivity contribution >= 4 is 39.0 Å². The van der Waals surface area contributed by atoms with Crippen molar-refractivity contribution in [1.29, 1.82) is 0 Å². The average Bonchev–Trinajstić information content (AvgIpc) is 3.29. The Morgan fingerprint density at radius 3 is 2.94 bits per heavy atom. The molecule has 0 radical (unpaired) electrons. The first-order valence-electron chi connectivity index (χ1n) is 11.8. The van der Waals surface area contributed by atoms with E-state index in [-0.39, 0.29) is 25.1 Å². The molecule has 2 aliphatic rings. The Kier molecular flexibility index (Phi) is 6.14. The minimum Gasteiger partial charge on any atom is -0.397 e. The highest BCUT2D eigenvalue weighted by molar-refractivity contribution is 7.21. The van der Waals surface area contributed by atoms with Crippen molar-refractivity contribution in [2.45, 2.75) is 50.9 Å². The summed E-state index contributed by atoms with van der Waals surface area (Å²) in [6.07, 6.45) is 2.19. The maximum atomic E-state index is 15.1. The highest BCUT2D eigenvalue weighted by atomic mass is 32.1. The topological polar surface area (TPSA) is 119 Å². The van der Waals surface area contributed by atoms with Gasteiger partial charge in [-0.05, 0) is 56.4 Å². The number of halogens is 1. The monoisotopic (exact) mass is 498 g/mol. The van der Waals surface area contributed by atoms with Gasteiger partial charge in [0.1, 0.15) is 15.5 Å². The van der Waals surface area contributed by atoms with Crippen LogP contribution in [-0.4, -0.2) is 60.4 Å². The first kappa shape index (κ1) is 23.9. The van der Waals surface area contributed by atoms with Gasteiger partial charge in [0.05, 0.1) is 24.9 Å². The molecule has 0 saturated carbocycles. The van der Waals surface area contributed by atoms with Gasteiger partial charge in [-0.3, -0.25) is 4.79 Å². The number of fused-ring (bicyclic) bond motifs is 2. The van der Waals surface area contributed by atoms with Crippen molar-refractivity contribution in [3.05, 3.63) is 45.6 Å². The number of thiophene rings is 1. The van der Waals surface area contributed by atoms with Crippen LogP contribution in [0.3, 0.4) is 0 Å². The largest absolute Gasteiger partial charge is 0.397 e. The number of rotatable bonds is 5. The molecule has 10 heteroatoms. The minimum atomic E-state index is -1.58. The lowest BCUT2D eigenvalue weighted by molar-refractivity contribution is 0.0461. The molecule has 1 amide bonds. The molecule has 4 heterocycles. The Balaban J connectivity index is 1.28. The van der Waals surface area contributed by atoms with E-state index in [0.717, 1.165) is 51.4 Å². The molecular formula is C25H31FN6O2S. The third-order valence-corrected chi connectivity index (χ3v) is 8.16. The number of nitrogens with two attached hydrogens (primary N) is 2. The van der Waals surface area contributed by atoms with Crippen LogP contribution in [0.15, 0.2) is 18.2 Å². The van der Waals surface area contributed by atoms with E-state index in [2.05, 4.69) is 10.3 Å². The molecule has 35 heavy (non-hydrogen) atoms. The molecule has 1 fully saturated rings. The minimum absolute atomic E-state index is 0.0107. The number of pyridine rings is 2. The SMILES string of the molecule is COCC1(F)CN(c2ccc3c(n2)CCC(NC(=O)c2sc4nc(C)cc(C)c4c2N)C3)CC1N. The van der Waals surface area contributed by atoms with Crippen LogP contribution < -0.4 is 21.7 Å². The lowest BCUT2D eigenvalue weighted by Crippen LogP contribution is -2.46. The molecular weight excluding hydrogens is 467 g/mol. The Labute approximate surface area is 207 Å². The van der Waals surface area contributed by atoms with Gasteiger partial charge in [0.25, 0.3) is 5.91 Å². The number of carbonyl (C=O) groups is 1. The zero-order valence-corrected chi connectivity index (χ0v) is 21.0. The van der Waals surface area contributed by atoms with Crippen LogP contribution in [0.5, 0.6) is 0 Å². The molecule has 8 nitrogen and oxygen atoms in total. The number of aromatic nitrogens is 2. The lowest BCUT2D eigenvalue weighted by Gasteiger charge is -2.27. The predicted octanol–water partition coefficient (Wildman–Crippen LogP) is 2.68. The molecule has 3 aromatic heterocycles. The fourth-order valence-corrected chi connectivity index (χ4v) is 6.37. The van der Waals surface area contributed by atoms with Crippen molar-refractivity contribution < 1.29 is 13.9 Å². The molecule has 3 aromatic rings. The molecule has 0 bridgehead atoms. The zero-order chi connectivity index (χ0) is 24.9. The van der Waals surface area contributed by atoms with Gasteiger partial charge in [0.15, 0.2) is 5.67 Å².